The van der Waals surface area contributed by atoms with Gasteiger partial charge in [0, 0.05) is 19.6 Å². The number of benzene rings is 1. The van der Waals surface area contributed by atoms with Crippen LogP contribution in [0.25, 0.3) is 0 Å². The van der Waals surface area contributed by atoms with Crippen LogP contribution >= 0.6 is 24.0 Å². The summed E-state index contributed by atoms with van der Waals surface area (Å²) in [6.45, 7) is 5.47. The Labute approximate surface area is 174 Å². The molecule has 0 aromatic heterocycles. The summed E-state index contributed by atoms with van der Waals surface area (Å²) in [4.78, 5) is 7.10. The van der Waals surface area contributed by atoms with Crippen LogP contribution in [0.1, 0.15) is 50.7 Å². The summed E-state index contributed by atoms with van der Waals surface area (Å²) in [7, 11) is 1.64. The standard InChI is InChI=1S/C20H31N3O2.HI/c1-3-21-19(23-12-11-20(15-23)9-4-5-10-20)22-14-18(24)16-7-6-8-17(13-16)25-2;/h6-8,13,18,24H,3-5,9-12,14-15H2,1-2H3,(H,21,22);1H. The topological polar surface area (TPSA) is 57.1 Å². The Bertz CT molecular complexity index is 602. The van der Waals surface area contributed by atoms with E-state index < -0.39 is 6.10 Å². The minimum Gasteiger partial charge on any atom is -0.497 e. The van der Waals surface area contributed by atoms with Gasteiger partial charge in [-0.25, -0.2) is 0 Å². The Morgan fingerprint density at radius 1 is 1.35 bits per heavy atom. The lowest BCUT2D eigenvalue weighted by molar-refractivity contribution is 0.186. The number of aliphatic hydroxyl groups is 1. The average Bonchev–Trinajstić information content (AvgIpc) is 3.28. The second-order valence-corrected chi connectivity index (χ2v) is 7.37. The molecular weight excluding hydrogens is 441 g/mol. The fraction of sp³-hybridized carbons (Fsp3) is 0.650. The van der Waals surface area contributed by atoms with Crippen LogP contribution in [0, 0.1) is 5.41 Å². The molecule has 1 aromatic rings. The van der Waals surface area contributed by atoms with E-state index in [4.69, 9.17) is 9.73 Å². The molecule has 2 fully saturated rings. The van der Waals surface area contributed by atoms with Gasteiger partial charge in [-0.1, -0.05) is 25.0 Å². The Kier molecular flexibility index (Phi) is 8.01. The van der Waals surface area contributed by atoms with Gasteiger partial charge in [-0.15, -0.1) is 24.0 Å². The Balaban J connectivity index is 0.00000243. The van der Waals surface area contributed by atoms with Crippen LogP contribution < -0.4 is 10.1 Å². The van der Waals surface area contributed by atoms with E-state index in [9.17, 15) is 5.11 Å². The summed E-state index contributed by atoms with van der Waals surface area (Å²) in [5.41, 5.74) is 1.36. The van der Waals surface area contributed by atoms with Crippen molar-refractivity contribution in [1.29, 1.82) is 0 Å². The van der Waals surface area contributed by atoms with E-state index in [0.29, 0.717) is 12.0 Å². The molecule has 1 saturated heterocycles. The van der Waals surface area contributed by atoms with Gasteiger partial charge >= 0.3 is 0 Å². The van der Waals surface area contributed by atoms with Crippen molar-refractivity contribution in [3.8, 4) is 5.75 Å². The highest BCUT2D eigenvalue weighted by molar-refractivity contribution is 14.0. The van der Waals surface area contributed by atoms with Crippen LogP contribution in [-0.2, 0) is 0 Å². The van der Waals surface area contributed by atoms with Gasteiger partial charge in [0.05, 0.1) is 19.8 Å². The summed E-state index contributed by atoms with van der Waals surface area (Å²) in [6, 6.07) is 7.57. The number of aliphatic imine (C=N–C) groups is 1. The van der Waals surface area contributed by atoms with Gasteiger partial charge in [0.1, 0.15) is 5.75 Å². The van der Waals surface area contributed by atoms with Crippen molar-refractivity contribution < 1.29 is 9.84 Å². The van der Waals surface area contributed by atoms with E-state index in [1.807, 2.05) is 24.3 Å². The van der Waals surface area contributed by atoms with Crippen molar-refractivity contribution in [1.82, 2.24) is 10.2 Å². The summed E-state index contributed by atoms with van der Waals surface area (Å²) in [5.74, 6) is 1.70. The number of nitrogens with one attached hydrogen (secondary N) is 1. The first-order valence-corrected chi connectivity index (χ1v) is 9.51. The zero-order chi connectivity index (χ0) is 17.7. The van der Waals surface area contributed by atoms with Crippen molar-refractivity contribution in [2.24, 2.45) is 10.4 Å². The van der Waals surface area contributed by atoms with Gasteiger partial charge in [-0.05, 0) is 49.3 Å². The first kappa shape index (κ1) is 21.3. The molecule has 1 heterocycles. The lowest BCUT2D eigenvalue weighted by Crippen LogP contribution is -2.41. The Morgan fingerprint density at radius 2 is 2.12 bits per heavy atom. The second kappa shape index (κ2) is 9.78. The third-order valence-electron chi connectivity index (χ3n) is 5.63. The van der Waals surface area contributed by atoms with Crippen molar-refractivity contribution in [2.75, 3.05) is 33.3 Å². The predicted octanol–water partition coefficient (Wildman–Crippen LogP) is 3.58. The molecule has 0 amide bonds. The first-order valence-electron chi connectivity index (χ1n) is 9.51. The fourth-order valence-corrected chi connectivity index (χ4v) is 4.20. The maximum absolute atomic E-state index is 10.5. The van der Waals surface area contributed by atoms with Crippen LogP contribution in [0.15, 0.2) is 29.3 Å². The molecule has 26 heavy (non-hydrogen) atoms. The Hall–Kier alpha value is -1.02. The number of hydrogen-bond acceptors (Lipinski definition) is 3. The van der Waals surface area contributed by atoms with Gasteiger partial charge < -0.3 is 20.1 Å². The molecule has 1 unspecified atom stereocenters. The van der Waals surface area contributed by atoms with Gasteiger partial charge in [-0.3, -0.25) is 4.99 Å². The number of methoxy groups -OCH3 is 1. The third-order valence-corrected chi connectivity index (χ3v) is 5.63. The number of likely N-dealkylation sites (tertiary alicyclic amines) is 1. The lowest BCUT2D eigenvalue weighted by atomic mass is 9.86. The predicted molar refractivity (Wildman–Crippen MR) is 116 cm³/mol. The smallest absolute Gasteiger partial charge is 0.194 e. The second-order valence-electron chi connectivity index (χ2n) is 7.37. The lowest BCUT2D eigenvalue weighted by Gasteiger charge is -2.26. The minimum atomic E-state index is -0.619. The van der Waals surface area contributed by atoms with Crippen LogP contribution in [0.3, 0.4) is 0 Å². The van der Waals surface area contributed by atoms with E-state index >= 15 is 0 Å². The van der Waals surface area contributed by atoms with Gasteiger partial charge in [0.2, 0.25) is 0 Å². The highest BCUT2D eigenvalue weighted by Gasteiger charge is 2.41. The first-order chi connectivity index (χ1) is 12.2. The maximum Gasteiger partial charge on any atom is 0.194 e. The van der Waals surface area contributed by atoms with E-state index in [-0.39, 0.29) is 24.0 Å². The molecule has 1 spiro atoms. The number of nitrogens with zero attached hydrogens (tertiary/aromatic N) is 2. The molecule has 2 aliphatic rings. The quantitative estimate of drug-likeness (QED) is 0.390. The number of halogens is 1. The van der Waals surface area contributed by atoms with Crippen LogP contribution in [0.5, 0.6) is 5.75 Å². The fourth-order valence-electron chi connectivity index (χ4n) is 4.20. The van der Waals surface area contributed by atoms with Gasteiger partial charge in [0.25, 0.3) is 0 Å². The van der Waals surface area contributed by atoms with Crippen LogP contribution in [-0.4, -0.2) is 49.3 Å². The highest BCUT2D eigenvalue weighted by Crippen LogP contribution is 2.45. The van der Waals surface area contributed by atoms with Gasteiger partial charge in [0.15, 0.2) is 5.96 Å². The molecule has 1 aromatic carbocycles. The Morgan fingerprint density at radius 3 is 2.81 bits per heavy atom. The molecule has 1 atom stereocenters. The molecule has 1 aliphatic heterocycles. The number of rotatable bonds is 5. The van der Waals surface area contributed by atoms with Crippen LogP contribution in [0.4, 0.5) is 0 Å². The SMILES string of the molecule is CCNC(=NCC(O)c1cccc(OC)c1)N1CCC2(CCCC2)C1.I. The molecular formula is C20H32IN3O2. The molecule has 1 aliphatic carbocycles. The van der Waals surface area contributed by atoms with Crippen molar-refractivity contribution in [3.63, 3.8) is 0 Å². The maximum atomic E-state index is 10.5. The number of hydrogen-bond donors (Lipinski definition) is 2. The highest BCUT2D eigenvalue weighted by atomic mass is 127. The van der Waals surface area contributed by atoms with Crippen molar-refractivity contribution in [2.45, 2.75) is 45.1 Å². The van der Waals surface area contributed by atoms with Crippen molar-refractivity contribution >= 4 is 29.9 Å². The molecule has 1 saturated carbocycles. The number of aliphatic hydroxyl groups excluding tert-OH is 1. The largest absolute Gasteiger partial charge is 0.497 e. The summed E-state index contributed by atoms with van der Waals surface area (Å²) in [6.07, 6.45) is 6.11. The monoisotopic (exact) mass is 473 g/mol. The van der Waals surface area contributed by atoms with E-state index in [1.54, 1.807) is 7.11 Å². The molecule has 0 bridgehead atoms. The summed E-state index contributed by atoms with van der Waals surface area (Å²) < 4.78 is 5.24. The zero-order valence-corrected chi connectivity index (χ0v) is 18.2. The number of ether oxygens (including phenoxy) is 1. The molecule has 0 radical (unpaired) electrons. The molecule has 3 rings (SSSR count). The van der Waals surface area contributed by atoms with E-state index in [2.05, 4.69) is 17.1 Å². The molecule has 146 valence electrons. The summed E-state index contributed by atoms with van der Waals surface area (Å²) >= 11 is 0. The van der Waals surface area contributed by atoms with Gasteiger partial charge in [-0.2, -0.15) is 0 Å². The molecule has 2 N–H and O–H groups in total. The number of guanidine groups is 1. The summed E-state index contributed by atoms with van der Waals surface area (Å²) in [5, 5.41) is 13.9. The van der Waals surface area contributed by atoms with E-state index in [0.717, 1.165) is 36.9 Å². The molecule has 6 heteroatoms. The normalized spacial score (nSPS) is 20.1. The zero-order valence-electron chi connectivity index (χ0n) is 15.9. The van der Waals surface area contributed by atoms with Crippen LogP contribution in [0.2, 0.25) is 0 Å². The average molecular weight is 473 g/mol. The van der Waals surface area contributed by atoms with E-state index in [1.165, 1.54) is 32.1 Å². The third kappa shape index (κ3) is 5.03. The minimum absolute atomic E-state index is 0. The van der Waals surface area contributed by atoms with Crippen molar-refractivity contribution in [3.05, 3.63) is 29.8 Å². The molecule has 5 nitrogen and oxygen atoms in total.